The first kappa shape index (κ1) is 15.7. The van der Waals surface area contributed by atoms with E-state index in [1.807, 2.05) is 48.5 Å². The molecule has 2 nitrogen and oxygen atoms in total. The molecule has 122 valence electrons. The Morgan fingerprint density at radius 2 is 1.64 bits per heavy atom. The van der Waals surface area contributed by atoms with Crippen LogP contribution >= 0.6 is 11.6 Å². The number of H-pyrrole nitrogens is 1. The number of nitrogens with one attached hydrogen (secondary N) is 1. The quantitative estimate of drug-likeness (QED) is 0.473. The minimum atomic E-state index is 0.710. The number of fused-ring (bicyclic) bond motifs is 1. The van der Waals surface area contributed by atoms with E-state index in [1.165, 1.54) is 5.56 Å². The molecule has 4 rings (SSSR count). The molecule has 0 bridgehead atoms. The molecular formula is C22H17ClN2. The van der Waals surface area contributed by atoms with Gasteiger partial charge >= 0.3 is 0 Å². The van der Waals surface area contributed by atoms with Gasteiger partial charge in [-0.05, 0) is 23.3 Å². The van der Waals surface area contributed by atoms with E-state index in [0.29, 0.717) is 5.02 Å². The van der Waals surface area contributed by atoms with E-state index in [4.69, 9.17) is 16.6 Å². The summed E-state index contributed by atoms with van der Waals surface area (Å²) in [7, 11) is 0. The number of benzene rings is 3. The van der Waals surface area contributed by atoms with Crippen LogP contribution in [0.4, 0.5) is 0 Å². The van der Waals surface area contributed by atoms with Crippen LogP contribution in [0, 0.1) is 0 Å². The van der Waals surface area contributed by atoms with Crippen LogP contribution in [0.25, 0.3) is 28.2 Å². The first-order valence-electron chi connectivity index (χ1n) is 8.25. The molecule has 1 heterocycles. The molecule has 1 aromatic heterocycles. The number of hydrogen-bond acceptors (Lipinski definition) is 1. The second-order valence-electron chi connectivity index (χ2n) is 5.92. The van der Waals surface area contributed by atoms with E-state index in [0.717, 1.165) is 34.4 Å². The van der Waals surface area contributed by atoms with Crippen LogP contribution in [0.3, 0.4) is 0 Å². The smallest absolute Gasteiger partial charge is 0.111 e. The molecule has 3 heteroatoms. The molecule has 0 radical (unpaired) electrons. The van der Waals surface area contributed by atoms with E-state index in [2.05, 4.69) is 41.4 Å². The van der Waals surface area contributed by atoms with Crippen molar-refractivity contribution in [3.8, 4) is 11.1 Å². The number of aromatic amines is 1. The minimum absolute atomic E-state index is 0.710. The predicted molar refractivity (Wildman–Crippen MR) is 106 cm³/mol. The molecule has 4 aromatic rings. The van der Waals surface area contributed by atoms with Crippen LogP contribution in [-0.2, 0) is 6.42 Å². The number of allylic oxidation sites excluding steroid dienone is 1. The Balaban J connectivity index is 1.67. The van der Waals surface area contributed by atoms with Crippen LogP contribution in [0.5, 0.6) is 0 Å². The van der Waals surface area contributed by atoms with Crippen molar-refractivity contribution in [2.75, 3.05) is 0 Å². The molecule has 0 spiro atoms. The lowest BCUT2D eigenvalue weighted by molar-refractivity contribution is 1.08. The van der Waals surface area contributed by atoms with E-state index in [-0.39, 0.29) is 0 Å². The SMILES string of the molecule is Clc1cc(-c2ccccc2)c2nc(CC=Cc3ccccc3)[nH]c2c1. The Kier molecular flexibility index (Phi) is 4.36. The summed E-state index contributed by atoms with van der Waals surface area (Å²) in [5.41, 5.74) is 5.28. The first-order valence-corrected chi connectivity index (χ1v) is 8.62. The van der Waals surface area contributed by atoms with E-state index >= 15 is 0 Å². The highest BCUT2D eigenvalue weighted by molar-refractivity contribution is 6.31. The van der Waals surface area contributed by atoms with Crippen LogP contribution < -0.4 is 0 Å². The number of halogens is 1. The van der Waals surface area contributed by atoms with Crippen molar-refractivity contribution >= 4 is 28.7 Å². The van der Waals surface area contributed by atoms with Gasteiger partial charge in [0.2, 0.25) is 0 Å². The number of nitrogens with zero attached hydrogens (tertiary/aromatic N) is 1. The lowest BCUT2D eigenvalue weighted by atomic mass is 10.0. The van der Waals surface area contributed by atoms with Gasteiger partial charge in [0, 0.05) is 17.0 Å². The number of imidazole rings is 1. The molecule has 0 atom stereocenters. The summed E-state index contributed by atoms with van der Waals surface area (Å²) in [6, 6.07) is 24.4. The van der Waals surface area contributed by atoms with Gasteiger partial charge in [0.15, 0.2) is 0 Å². The predicted octanol–water partition coefficient (Wildman–Crippen LogP) is 6.14. The Morgan fingerprint density at radius 3 is 2.40 bits per heavy atom. The molecule has 0 amide bonds. The van der Waals surface area contributed by atoms with Crippen molar-refractivity contribution in [2.45, 2.75) is 6.42 Å². The average molecular weight is 345 g/mol. The van der Waals surface area contributed by atoms with Crippen molar-refractivity contribution < 1.29 is 0 Å². The largest absolute Gasteiger partial charge is 0.342 e. The van der Waals surface area contributed by atoms with Gasteiger partial charge < -0.3 is 4.98 Å². The summed E-state index contributed by atoms with van der Waals surface area (Å²) in [6.45, 7) is 0. The average Bonchev–Trinajstić information content (AvgIpc) is 3.05. The van der Waals surface area contributed by atoms with Crippen molar-refractivity contribution in [1.82, 2.24) is 9.97 Å². The summed E-state index contributed by atoms with van der Waals surface area (Å²) in [4.78, 5) is 8.18. The highest BCUT2D eigenvalue weighted by Gasteiger charge is 2.10. The summed E-state index contributed by atoms with van der Waals surface area (Å²) in [6.07, 6.45) is 4.98. The molecule has 0 saturated carbocycles. The van der Waals surface area contributed by atoms with E-state index in [1.54, 1.807) is 0 Å². The summed E-state index contributed by atoms with van der Waals surface area (Å²) < 4.78 is 0. The maximum Gasteiger partial charge on any atom is 0.111 e. The molecule has 0 aliphatic heterocycles. The zero-order valence-electron chi connectivity index (χ0n) is 13.6. The van der Waals surface area contributed by atoms with Crippen LogP contribution in [-0.4, -0.2) is 9.97 Å². The van der Waals surface area contributed by atoms with Gasteiger partial charge in [-0.3, -0.25) is 0 Å². The molecule has 0 aliphatic rings. The fourth-order valence-corrected chi connectivity index (χ4v) is 3.16. The van der Waals surface area contributed by atoms with Gasteiger partial charge in [-0.15, -0.1) is 0 Å². The lowest BCUT2D eigenvalue weighted by Crippen LogP contribution is -1.83. The zero-order valence-corrected chi connectivity index (χ0v) is 14.4. The topological polar surface area (TPSA) is 28.7 Å². The molecule has 0 fully saturated rings. The Labute approximate surface area is 151 Å². The Morgan fingerprint density at radius 1 is 0.920 bits per heavy atom. The van der Waals surface area contributed by atoms with Gasteiger partial charge in [-0.25, -0.2) is 4.98 Å². The van der Waals surface area contributed by atoms with Crippen LogP contribution in [0.15, 0.2) is 78.9 Å². The van der Waals surface area contributed by atoms with Crippen molar-refractivity contribution in [3.05, 3.63) is 95.3 Å². The monoisotopic (exact) mass is 344 g/mol. The Hall–Kier alpha value is -2.84. The van der Waals surface area contributed by atoms with Gasteiger partial charge in [-0.2, -0.15) is 0 Å². The standard InChI is InChI=1S/C22H17ClN2/c23-18-14-19(17-11-5-2-6-12-17)22-20(15-18)24-21(25-22)13-7-10-16-8-3-1-4-9-16/h1-12,14-15H,13H2,(H,24,25). The highest BCUT2D eigenvalue weighted by Crippen LogP contribution is 2.30. The molecule has 0 saturated heterocycles. The number of hydrogen-bond donors (Lipinski definition) is 1. The van der Waals surface area contributed by atoms with Gasteiger partial charge in [0.1, 0.15) is 5.82 Å². The third kappa shape index (κ3) is 3.49. The second-order valence-corrected chi connectivity index (χ2v) is 6.35. The first-order chi connectivity index (χ1) is 12.3. The normalized spacial score (nSPS) is 11.4. The number of rotatable bonds is 4. The van der Waals surface area contributed by atoms with Crippen LogP contribution in [0.2, 0.25) is 5.02 Å². The fourth-order valence-electron chi connectivity index (χ4n) is 2.94. The summed E-state index contributed by atoms with van der Waals surface area (Å²) in [5, 5.41) is 0.710. The van der Waals surface area contributed by atoms with Gasteiger partial charge in [0.25, 0.3) is 0 Å². The summed E-state index contributed by atoms with van der Waals surface area (Å²) >= 11 is 6.31. The Bertz CT molecular complexity index is 1020. The maximum absolute atomic E-state index is 6.31. The maximum atomic E-state index is 6.31. The third-order valence-corrected chi connectivity index (χ3v) is 4.32. The molecule has 0 unspecified atom stereocenters. The van der Waals surface area contributed by atoms with Gasteiger partial charge in [0.05, 0.1) is 11.0 Å². The molecular weight excluding hydrogens is 328 g/mol. The van der Waals surface area contributed by atoms with E-state index < -0.39 is 0 Å². The zero-order chi connectivity index (χ0) is 17.1. The fraction of sp³-hybridized carbons (Fsp3) is 0.0455. The third-order valence-electron chi connectivity index (χ3n) is 4.11. The van der Waals surface area contributed by atoms with Crippen molar-refractivity contribution in [3.63, 3.8) is 0 Å². The van der Waals surface area contributed by atoms with Gasteiger partial charge in [-0.1, -0.05) is 84.4 Å². The van der Waals surface area contributed by atoms with Crippen LogP contribution in [0.1, 0.15) is 11.4 Å². The molecule has 25 heavy (non-hydrogen) atoms. The molecule has 3 aromatic carbocycles. The minimum Gasteiger partial charge on any atom is -0.342 e. The lowest BCUT2D eigenvalue weighted by Gasteiger charge is -2.03. The van der Waals surface area contributed by atoms with Crippen molar-refractivity contribution in [2.24, 2.45) is 0 Å². The molecule has 0 aliphatic carbocycles. The molecule has 1 N–H and O–H groups in total. The summed E-state index contributed by atoms with van der Waals surface area (Å²) in [5.74, 6) is 0.932. The van der Waals surface area contributed by atoms with E-state index in [9.17, 15) is 0 Å². The highest BCUT2D eigenvalue weighted by atomic mass is 35.5. The number of aromatic nitrogens is 2. The second kappa shape index (κ2) is 6.96. The van der Waals surface area contributed by atoms with Crippen molar-refractivity contribution in [1.29, 1.82) is 0 Å².